The number of carbonyl (C=O) groups is 1. The van der Waals surface area contributed by atoms with Gasteiger partial charge in [-0.25, -0.2) is 4.39 Å². The number of nitrogens with zero attached hydrogens (tertiary/aromatic N) is 1. The minimum Gasteiger partial charge on any atom is -0.493 e. The molecule has 0 fully saturated rings. The van der Waals surface area contributed by atoms with Crippen LogP contribution in [0.15, 0.2) is 72.8 Å². The largest absolute Gasteiger partial charge is 0.493 e. The van der Waals surface area contributed by atoms with Gasteiger partial charge >= 0.3 is 0 Å². The lowest BCUT2D eigenvalue weighted by molar-refractivity contribution is 0.0748. The maximum absolute atomic E-state index is 13.8. The van der Waals surface area contributed by atoms with Crippen LogP contribution in [0.3, 0.4) is 0 Å². The summed E-state index contributed by atoms with van der Waals surface area (Å²) in [5.74, 6) is 0.623. The number of hydrogen-bond donors (Lipinski definition) is 1. The van der Waals surface area contributed by atoms with Crippen LogP contribution in [-0.2, 0) is 13.2 Å². The summed E-state index contributed by atoms with van der Waals surface area (Å²) < 4.78 is 25.0. The van der Waals surface area contributed by atoms with Crippen LogP contribution >= 0.6 is 0 Å². The van der Waals surface area contributed by atoms with Gasteiger partial charge < -0.3 is 20.1 Å². The number of rotatable bonds is 9. The van der Waals surface area contributed by atoms with Gasteiger partial charge in [-0.15, -0.1) is 0 Å². The minimum absolute atomic E-state index is 0.0834. The smallest absolute Gasteiger partial charge is 0.254 e. The van der Waals surface area contributed by atoms with E-state index in [-0.39, 0.29) is 18.3 Å². The second kappa shape index (κ2) is 10.4. The number of carbonyl (C=O) groups excluding carboxylic acids is 1. The van der Waals surface area contributed by atoms with Crippen LogP contribution in [0.5, 0.6) is 11.5 Å². The molecule has 0 saturated carbocycles. The molecule has 3 rings (SSSR count). The second-order valence-electron chi connectivity index (χ2n) is 6.75. The van der Waals surface area contributed by atoms with Gasteiger partial charge in [0.15, 0.2) is 11.5 Å². The third-order valence-electron chi connectivity index (χ3n) is 4.65. The Morgan fingerprint density at radius 2 is 1.73 bits per heavy atom. The van der Waals surface area contributed by atoms with Crippen molar-refractivity contribution in [3.8, 4) is 11.5 Å². The number of hydrogen-bond acceptors (Lipinski definition) is 4. The van der Waals surface area contributed by atoms with E-state index >= 15 is 0 Å². The number of halogens is 1. The fraction of sp³-hybridized carbons (Fsp3) is 0.208. The minimum atomic E-state index is -0.315. The van der Waals surface area contributed by atoms with Gasteiger partial charge in [-0.1, -0.05) is 42.5 Å². The SMILES string of the molecule is COc1cc(CN(CCN)C(=O)c2ccccc2)ccc1OCc1ccccc1F. The highest BCUT2D eigenvalue weighted by Crippen LogP contribution is 2.29. The monoisotopic (exact) mass is 408 g/mol. The first-order valence-electron chi connectivity index (χ1n) is 9.70. The van der Waals surface area contributed by atoms with Crippen molar-refractivity contribution in [2.24, 2.45) is 5.73 Å². The molecule has 3 aromatic carbocycles. The van der Waals surface area contributed by atoms with E-state index in [9.17, 15) is 9.18 Å². The van der Waals surface area contributed by atoms with E-state index in [0.717, 1.165) is 5.56 Å². The Hall–Kier alpha value is -3.38. The molecule has 3 aromatic rings. The summed E-state index contributed by atoms with van der Waals surface area (Å²) in [6.45, 7) is 1.27. The molecule has 0 unspecified atom stereocenters. The van der Waals surface area contributed by atoms with E-state index in [2.05, 4.69) is 0 Å². The second-order valence-corrected chi connectivity index (χ2v) is 6.75. The molecule has 0 heterocycles. The Morgan fingerprint density at radius 3 is 2.43 bits per heavy atom. The summed E-state index contributed by atoms with van der Waals surface area (Å²) in [6.07, 6.45) is 0. The van der Waals surface area contributed by atoms with Crippen molar-refractivity contribution in [3.63, 3.8) is 0 Å². The van der Waals surface area contributed by atoms with Gasteiger partial charge in [-0.2, -0.15) is 0 Å². The molecule has 30 heavy (non-hydrogen) atoms. The molecule has 156 valence electrons. The lowest BCUT2D eigenvalue weighted by Crippen LogP contribution is -2.34. The van der Waals surface area contributed by atoms with Crippen molar-refractivity contribution >= 4 is 5.91 Å². The molecule has 0 atom stereocenters. The number of benzene rings is 3. The quantitative estimate of drug-likeness (QED) is 0.581. The van der Waals surface area contributed by atoms with Crippen LogP contribution < -0.4 is 15.2 Å². The summed E-state index contributed by atoms with van der Waals surface area (Å²) >= 11 is 0. The normalized spacial score (nSPS) is 10.5. The summed E-state index contributed by atoms with van der Waals surface area (Å²) in [4.78, 5) is 14.5. The zero-order valence-electron chi connectivity index (χ0n) is 16.9. The van der Waals surface area contributed by atoms with Crippen molar-refractivity contribution in [1.29, 1.82) is 0 Å². The van der Waals surface area contributed by atoms with Crippen LogP contribution in [0, 0.1) is 5.82 Å². The van der Waals surface area contributed by atoms with Crippen molar-refractivity contribution in [3.05, 3.63) is 95.3 Å². The van der Waals surface area contributed by atoms with Gasteiger partial charge in [-0.05, 0) is 35.9 Å². The van der Waals surface area contributed by atoms with E-state index in [1.807, 2.05) is 30.3 Å². The summed E-state index contributed by atoms with van der Waals surface area (Å²) in [5.41, 5.74) is 7.67. The number of amides is 1. The molecule has 2 N–H and O–H groups in total. The number of ether oxygens (including phenoxy) is 2. The zero-order valence-corrected chi connectivity index (χ0v) is 16.9. The maximum Gasteiger partial charge on any atom is 0.254 e. The fourth-order valence-electron chi connectivity index (χ4n) is 3.09. The summed E-state index contributed by atoms with van der Waals surface area (Å²) in [6, 6.07) is 21.0. The molecular formula is C24H25FN2O3. The molecule has 6 heteroatoms. The van der Waals surface area contributed by atoms with Crippen LogP contribution in [0.4, 0.5) is 4.39 Å². The first-order chi connectivity index (χ1) is 14.6. The van der Waals surface area contributed by atoms with Crippen LogP contribution in [0.25, 0.3) is 0 Å². The molecule has 0 aromatic heterocycles. The van der Waals surface area contributed by atoms with Gasteiger partial charge in [0.1, 0.15) is 12.4 Å². The summed E-state index contributed by atoms with van der Waals surface area (Å²) in [5, 5.41) is 0. The number of methoxy groups -OCH3 is 1. The predicted molar refractivity (Wildman–Crippen MR) is 114 cm³/mol. The molecule has 0 radical (unpaired) electrons. The Bertz CT molecular complexity index is 979. The van der Waals surface area contributed by atoms with Crippen LogP contribution in [0.1, 0.15) is 21.5 Å². The van der Waals surface area contributed by atoms with Gasteiger partial charge in [0.2, 0.25) is 0 Å². The van der Waals surface area contributed by atoms with Crippen molar-refractivity contribution in [2.45, 2.75) is 13.2 Å². The van der Waals surface area contributed by atoms with Crippen molar-refractivity contribution in [2.75, 3.05) is 20.2 Å². The lowest BCUT2D eigenvalue weighted by Gasteiger charge is -2.23. The average molecular weight is 408 g/mol. The van der Waals surface area contributed by atoms with E-state index in [1.165, 1.54) is 6.07 Å². The Morgan fingerprint density at radius 1 is 1.00 bits per heavy atom. The molecule has 1 amide bonds. The van der Waals surface area contributed by atoms with Crippen molar-refractivity contribution in [1.82, 2.24) is 4.90 Å². The van der Waals surface area contributed by atoms with Gasteiger partial charge in [0.05, 0.1) is 7.11 Å². The third-order valence-corrected chi connectivity index (χ3v) is 4.65. The van der Waals surface area contributed by atoms with E-state index in [1.54, 1.807) is 48.4 Å². The van der Waals surface area contributed by atoms with Gasteiger partial charge in [-0.3, -0.25) is 4.79 Å². The zero-order chi connectivity index (χ0) is 21.3. The first kappa shape index (κ1) is 21.3. The molecule has 0 aliphatic heterocycles. The number of nitrogens with two attached hydrogens (primary N) is 1. The lowest BCUT2D eigenvalue weighted by atomic mass is 10.1. The van der Waals surface area contributed by atoms with Gasteiger partial charge in [0.25, 0.3) is 5.91 Å². The average Bonchev–Trinajstić information content (AvgIpc) is 2.78. The molecule has 0 aliphatic rings. The molecule has 0 aliphatic carbocycles. The molecule has 5 nitrogen and oxygen atoms in total. The van der Waals surface area contributed by atoms with Crippen LogP contribution in [0.2, 0.25) is 0 Å². The topological polar surface area (TPSA) is 64.8 Å². The van der Waals surface area contributed by atoms with E-state index < -0.39 is 0 Å². The van der Waals surface area contributed by atoms with E-state index in [4.69, 9.17) is 15.2 Å². The van der Waals surface area contributed by atoms with Crippen molar-refractivity contribution < 1.29 is 18.7 Å². The predicted octanol–water partition coefficient (Wildman–Crippen LogP) is 4.01. The molecule has 0 saturated heterocycles. The Labute approximate surface area is 175 Å². The highest BCUT2D eigenvalue weighted by molar-refractivity contribution is 5.94. The molecular weight excluding hydrogens is 383 g/mol. The maximum atomic E-state index is 13.8. The molecule has 0 spiro atoms. The highest BCUT2D eigenvalue weighted by Gasteiger charge is 2.16. The summed E-state index contributed by atoms with van der Waals surface area (Å²) in [7, 11) is 1.54. The Balaban J connectivity index is 1.74. The fourth-order valence-corrected chi connectivity index (χ4v) is 3.09. The Kier molecular flexibility index (Phi) is 7.40. The van der Waals surface area contributed by atoms with E-state index in [0.29, 0.717) is 42.3 Å². The molecule has 0 bridgehead atoms. The van der Waals surface area contributed by atoms with Crippen LogP contribution in [-0.4, -0.2) is 31.0 Å². The van der Waals surface area contributed by atoms with Gasteiger partial charge in [0, 0.05) is 30.8 Å². The first-order valence-corrected chi connectivity index (χ1v) is 9.70. The third kappa shape index (κ3) is 5.36. The highest BCUT2D eigenvalue weighted by atomic mass is 19.1. The standard InChI is InChI=1S/C24H25FN2O3/c1-29-23-15-18(11-12-22(23)30-17-20-9-5-6-10-21(20)25)16-27(14-13-26)24(28)19-7-3-2-4-8-19/h2-12,15H,13-14,16-17,26H2,1H3.